The molecule has 0 saturated heterocycles. The SMILES string of the molecule is Cl.NC/C=C\c1ccccc1. The zero-order valence-corrected chi connectivity index (χ0v) is 7.05. The third-order valence-corrected chi connectivity index (χ3v) is 1.25. The van der Waals surface area contributed by atoms with Gasteiger partial charge in [-0.05, 0) is 5.56 Å². The van der Waals surface area contributed by atoms with Crippen molar-refractivity contribution in [1.29, 1.82) is 0 Å². The highest BCUT2D eigenvalue weighted by atomic mass is 35.5. The molecule has 0 aliphatic rings. The maximum absolute atomic E-state index is 5.29. The first-order valence-corrected chi connectivity index (χ1v) is 3.35. The Bertz CT molecular complexity index is 206. The Labute approximate surface area is 73.3 Å². The molecule has 0 atom stereocenters. The second-order valence-electron chi connectivity index (χ2n) is 2.05. The molecule has 2 heteroatoms. The summed E-state index contributed by atoms with van der Waals surface area (Å²) < 4.78 is 0. The van der Waals surface area contributed by atoms with E-state index in [0.29, 0.717) is 6.54 Å². The van der Waals surface area contributed by atoms with Crippen molar-refractivity contribution in [2.45, 2.75) is 0 Å². The lowest BCUT2D eigenvalue weighted by Crippen LogP contribution is -1.91. The van der Waals surface area contributed by atoms with Crippen LogP contribution in [0.5, 0.6) is 0 Å². The Kier molecular flexibility index (Phi) is 5.53. The van der Waals surface area contributed by atoms with Gasteiger partial charge in [-0.15, -0.1) is 12.4 Å². The summed E-state index contributed by atoms with van der Waals surface area (Å²) in [5, 5.41) is 0. The predicted molar refractivity (Wildman–Crippen MR) is 51.8 cm³/mol. The summed E-state index contributed by atoms with van der Waals surface area (Å²) in [5.41, 5.74) is 6.49. The summed E-state index contributed by atoms with van der Waals surface area (Å²) in [6.45, 7) is 0.606. The lowest BCUT2D eigenvalue weighted by molar-refractivity contribution is 1.26. The first-order chi connectivity index (χ1) is 4.93. The molecule has 2 N–H and O–H groups in total. The van der Waals surface area contributed by atoms with E-state index in [1.165, 1.54) is 5.56 Å². The molecule has 1 rings (SSSR count). The Morgan fingerprint density at radius 1 is 1.18 bits per heavy atom. The van der Waals surface area contributed by atoms with Crippen LogP contribution in [0.2, 0.25) is 0 Å². The fourth-order valence-electron chi connectivity index (χ4n) is 0.768. The molecule has 0 fully saturated rings. The molecule has 0 aliphatic heterocycles. The van der Waals surface area contributed by atoms with Crippen LogP contribution < -0.4 is 5.73 Å². The monoisotopic (exact) mass is 169 g/mol. The van der Waals surface area contributed by atoms with Gasteiger partial charge >= 0.3 is 0 Å². The van der Waals surface area contributed by atoms with Crippen molar-refractivity contribution < 1.29 is 0 Å². The highest BCUT2D eigenvalue weighted by molar-refractivity contribution is 5.85. The Hall–Kier alpha value is -0.790. The first kappa shape index (κ1) is 10.2. The van der Waals surface area contributed by atoms with E-state index in [0.717, 1.165) is 0 Å². The van der Waals surface area contributed by atoms with E-state index in [1.54, 1.807) is 0 Å². The zero-order chi connectivity index (χ0) is 7.23. The topological polar surface area (TPSA) is 26.0 Å². The predicted octanol–water partition coefficient (Wildman–Crippen LogP) is 2.08. The molecule has 1 aromatic rings. The fourth-order valence-corrected chi connectivity index (χ4v) is 0.768. The minimum atomic E-state index is 0. The summed E-state index contributed by atoms with van der Waals surface area (Å²) in [7, 11) is 0. The lowest BCUT2D eigenvalue weighted by Gasteiger charge is -1.88. The van der Waals surface area contributed by atoms with Gasteiger partial charge in [0.2, 0.25) is 0 Å². The van der Waals surface area contributed by atoms with Crippen LogP contribution in [0, 0.1) is 0 Å². The van der Waals surface area contributed by atoms with Crippen LogP contribution in [0.1, 0.15) is 5.56 Å². The van der Waals surface area contributed by atoms with Crippen LogP contribution in [0.15, 0.2) is 36.4 Å². The van der Waals surface area contributed by atoms with Crippen molar-refractivity contribution in [3.05, 3.63) is 42.0 Å². The van der Waals surface area contributed by atoms with Gasteiger partial charge in [0.25, 0.3) is 0 Å². The second-order valence-corrected chi connectivity index (χ2v) is 2.05. The molecular weight excluding hydrogens is 158 g/mol. The number of nitrogens with two attached hydrogens (primary N) is 1. The van der Waals surface area contributed by atoms with Crippen molar-refractivity contribution >= 4 is 18.5 Å². The van der Waals surface area contributed by atoms with Crippen LogP contribution in [0.25, 0.3) is 6.08 Å². The third-order valence-electron chi connectivity index (χ3n) is 1.25. The third kappa shape index (κ3) is 3.81. The molecule has 0 saturated carbocycles. The normalized spacial score (nSPS) is 9.55. The fraction of sp³-hybridized carbons (Fsp3) is 0.111. The number of hydrogen-bond donors (Lipinski definition) is 1. The van der Waals surface area contributed by atoms with E-state index >= 15 is 0 Å². The molecule has 0 amide bonds. The van der Waals surface area contributed by atoms with Crippen molar-refractivity contribution in [2.75, 3.05) is 6.54 Å². The largest absolute Gasteiger partial charge is 0.327 e. The molecule has 60 valence electrons. The summed E-state index contributed by atoms with van der Waals surface area (Å²) in [5.74, 6) is 0. The van der Waals surface area contributed by atoms with Crippen molar-refractivity contribution in [3.63, 3.8) is 0 Å². The molecule has 0 heterocycles. The maximum Gasteiger partial charge on any atom is 0.0110 e. The highest BCUT2D eigenvalue weighted by Crippen LogP contribution is 1.99. The summed E-state index contributed by atoms with van der Waals surface area (Å²) >= 11 is 0. The van der Waals surface area contributed by atoms with E-state index in [4.69, 9.17) is 5.73 Å². The standard InChI is InChI=1S/C9H11N.ClH/c10-8-4-7-9-5-2-1-3-6-9;/h1-7H,8,10H2;1H/b7-4-;. The van der Waals surface area contributed by atoms with Crippen LogP contribution >= 0.6 is 12.4 Å². The molecule has 1 aromatic carbocycles. The molecule has 1 nitrogen and oxygen atoms in total. The van der Waals surface area contributed by atoms with E-state index < -0.39 is 0 Å². The van der Waals surface area contributed by atoms with Gasteiger partial charge in [0.15, 0.2) is 0 Å². The maximum atomic E-state index is 5.29. The number of halogens is 1. The van der Waals surface area contributed by atoms with E-state index in [-0.39, 0.29) is 12.4 Å². The van der Waals surface area contributed by atoms with Gasteiger partial charge in [0.05, 0.1) is 0 Å². The molecule has 0 bridgehead atoms. The molecule has 11 heavy (non-hydrogen) atoms. The minimum Gasteiger partial charge on any atom is -0.327 e. The van der Waals surface area contributed by atoms with Gasteiger partial charge in [-0.1, -0.05) is 42.5 Å². The Morgan fingerprint density at radius 3 is 2.36 bits per heavy atom. The van der Waals surface area contributed by atoms with Crippen LogP contribution in [-0.2, 0) is 0 Å². The van der Waals surface area contributed by atoms with E-state index in [9.17, 15) is 0 Å². The van der Waals surface area contributed by atoms with Crippen molar-refractivity contribution in [2.24, 2.45) is 5.73 Å². The zero-order valence-electron chi connectivity index (χ0n) is 6.23. The van der Waals surface area contributed by atoms with Gasteiger partial charge in [0, 0.05) is 6.54 Å². The molecule has 0 radical (unpaired) electrons. The van der Waals surface area contributed by atoms with E-state index in [2.05, 4.69) is 0 Å². The summed E-state index contributed by atoms with van der Waals surface area (Å²) in [4.78, 5) is 0. The second kappa shape index (κ2) is 5.96. The summed E-state index contributed by atoms with van der Waals surface area (Å²) in [6.07, 6.45) is 3.95. The van der Waals surface area contributed by atoms with Gasteiger partial charge in [0.1, 0.15) is 0 Å². The van der Waals surface area contributed by atoms with Crippen molar-refractivity contribution in [3.8, 4) is 0 Å². The number of benzene rings is 1. The smallest absolute Gasteiger partial charge is 0.0110 e. The first-order valence-electron chi connectivity index (χ1n) is 3.35. The van der Waals surface area contributed by atoms with Crippen LogP contribution in [0.3, 0.4) is 0 Å². The van der Waals surface area contributed by atoms with Gasteiger partial charge in [-0.25, -0.2) is 0 Å². The Morgan fingerprint density at radius 2 is 1.82 bits per heavy atom. The average molecular weight is 170 g/mol. The quantitative estimate of drug-likeness (QED) is 0.721. The molecule has 0 spiro atoms. The average Bonchev–Trinajstić information content (AvgIpc) is 2.03. The molecule has 0 aliphatic carbocycles. The van der Waals surface area contributed by atoms with E-state index in [1.807, 2.05) is 42.5 Å². The summed E-state index contributed by atoms with van der Waals surface area (Å²) in [6, 6.07) is 10.1. The van der Waals surface area contributed by atoms with Crippen LogP contribution in [-0.4, -0.2) is 6.54 Å². The molecular formula is C9H12ClN. The number of hydrogen-bond acceptors (Lipinski definition) is 1. The molecule has 0 aromatic heterocycles. The van der Waals surface area contributed by atoms with Gasteiger partial charge in [-0.3, -0.25) is 0 Å². The van der Waals surface area contributed by atoms with Gasteiger partial charge < -0.3 is 5.73 Å². The number of rotatable bonds is 2. The highest BCUT2D eigenvalue weighted by Gasteiger charge is 1.79. The molecule has 0 unspecified atom stereocenters. The lowest BCUT2D eigenvalue weighted by atomic mass is 10.2. The van der Waals surface area contributed by atoms with Gasteiger partial charge in [-0.2, -0.15) is 0 Å². The van der Waals surface area contributed by atoms with Crippen LogP contribution in [0.4, 0.5) is 0 Å². The minimum absolute atomic E-state index is 0. The Balaban J connectivity index is 0.000001000. The van der Waals surface area contributed by atoms with Crippen molar-refractivity contribution in [1.82, 2.24) is 0 Å².